The van der Waals surface area contributed by atoms with Gasteiger partial charge in [-0.15, -0.1) is 11.3 Å². The minimum absolute atomic E-state index is 0.0979. The van der Waals surface area contributed by atoms with Gasteiger partial charge in [-0.2, -0.15) is 23.5 Å². The van der Waals surface area contributed by atoms with Gasteiger partial charge in [-0.25, -0.2) is 4.68 Å². The number of carbonyl (C=O) groups is 1. The minimum Gasteiger partial charge on any atom is -0.497 e. The maximum absolute atomic E-state index is 14.0. The van der Waals surface area contributed by atoms with Gasteiger partial charge in [0, 0.05) is 17.4 Å². The molecule has 2 N–H and O–H groups in total. The van der Waals surface area contributed by atoms with E-state index in [1.54, 1.807) is 24.3 Å². The Hall–Kier alpha value is -3.52. The third-order valence-electron chi connectivity index (χ3n) is 6.18. The van der Waals surface area contributed by atoms with Gasteiger partial charge in [0.25, 0.3) is 5.91 Å². The van der Waals surface area contributed by atoms with E-state index in [0.717, 1.165) is 34.4 Å². The largest absolute Gasteiger partial charge is 0.497 e. The molecule has 0 saturated carbocycles. The number of nitrogens with one attached hydrogen (secondary N) is 2. The minimum atomic E-state index is -4.56. The number of methoxy groups -OCH3 is 1. The summed E-state index contributed by atoms with van der Waals surface area (Å²) < 4.78 is 47.9. The first kappa shape index (κ1) is 22.3. The number of halogens is 3. The van der Waals surface area contributed by atoms with Gasteiger partial charge in [-0.1, -0.05) is 12.1 Å². The molecule has 0 saturated heterocycles. The van der Waals surface area contributed by atoms with Gasteiger partial charge in [0.05, 0.1) is 18.7 Å². The van der Waals surface area contributed by atoms with Crippen molar-refractivity contribution in [1.29, 1.82) is 5.26 Å². The van der Waals surface area contributed by atoms with Crippen LogP contribution in [0.2, 0.25) is 0 Å². The fraction of sp³-hybridized carbons (Fsp3) is 0.348. The van der Waals surface area contributed by atoms with Crippen LogP contribution in [0.5, 0.6) is 5.75 Å². The van der Waals surface area contributed by atoms with E-state index in [1.807, 2.05) is 0 Å². The number of aryl methyl sites for hydroxylation is 1. The Bertz CT molecular complexity index is 1310. The summed E-state index contributed by atoms with van der Waals surface area (Å²) in [7, 11) is 1.49. The third kappa shape index (κ3) is 3.88. The molecule has 1 aromatic carbocycles. The Kier molecular flexibility index (Phi) is 5.48. The van der Waals surface area contributed by atoms with Crippen LogP contribution in [0.15, 0.2) is 30.3 Å². The van der Waals surface area contributed by atoms with Crippen molar-refractivity contribution >= 4 is 28.1 Å². The van der Waals surface area contributed by atoms with Gasteiger partial charge >= 0.3 is 6.18 Å². The fourth-order valence-electron chi connectivity index (χ4n) is 4.54. The average Bonchev–Trinajstić information content (AvgIpc) is 3.51. The van der Waals surface area contributed by atoms with Crippen molar-refractivity contribution in [3.8, 4) is 11.8 Å². The Morgan fingerprint density at radius 2 is 2.18 bits per heavy atom. The molecular weight excluding hydrogens is 467 g/mol. The number of rotatable bonds is 4. The maximum atomic E-state index is 14.0. The number of anilines is 2. The zero-order chi connectivity index (χ0) is 24.0. The number of alkyl halides is 3. The SMILES string of the molecule is COc1cccc([C@H]2C[C@@H](C(F)(F)F)n3nc(C(=O)Nc4sc5c(c4C#N)CCC5)cc3N2)c1. The van der Waals surface area contributed by atoms with E-state index < -0.39 is 24.2 Å². The highest BCUT2D eigenvalue weighted by atomic mass is 32.1. The number of nitriles is 1. The summed E-state index contributed by atoms with van der Waals surface area (Å²) in [5.74, 6) is -0.0159. The molecule has 0 radical (unpaired) electrons. The Balaban J connectivity index is 1.45. The maximum Gasteiger partial charge on any atom is 0.410 e. The predicted molar refractivity (Wildman–Crippen MR) is 120 cm³/mol. The van der Waals surface area contributed by atoms with Crippen LogP contribution < -0.4 is 15.4 Å². The molecule has 7 nitrogen and oxygen atoms in total. The topological polar surface area (TPSA) is 92.0 Å². The quantitative estimate of drug-likeness (QED) is 0.526. The van der Waals surface area contributed by atoms with Gasteiger partial charge in [-0.3, -0.25) is 4.79 Å². The molecule has 1 amide bonds. The summed E-state index contributed by atoms with van der Waals surface area (Å²) in [5, 5.41) is 19.7. The lowest BCUT2D eigenvalue weighted by Gasteiger charge is -2.33. The predicted octanol–water partition coefficient (Wildman–Crippen LogP) is 5.23. The number of ether oxygens (including phenoxy) is 1. The molecule has 1 aliphatic heterocycles. The highest BCUT2D eigenvalue weighted by Gasteiger charge is 2.47. The van der Waals surface area contributed by atoms with Gasteiger partial charge in [0.2, 0.25) is 0 Å². The number of thiophene rings is 1. The zero-order valence-corrected chi connectivity index (χ0v) is 18.9. The van der Waals surface area contributed by atoms with E-state index in [2.05, 4.69) is 21.8 Å². The number of hydrogen-bond acceptors (Lipinski definition) is 6. The summed E-state index contributed by atoms with van der Waals surface area (Å²) in [6, 6.07) is 7.76. The molecule has 2 aromatic heterocycles. The summed E-state index contributed by atoms with van der Waals surface area (Å²) in [4.78, 5) is 14.0. The molecule has 1 aliphatic carbocycles. The van der Waals surface area contributed by atoms with Gasteiger partial charge in [0.15, 0.2) is 11.7 Å². The summed E-state index contributed by atoms with van der Waals surface area (Å²) >= 11 is 1.34. The van der Waals surface area contributed by atoms with E-state index in [1.165, 1.54) is 24.5 Å². The first-order chi connectivity index (χ1) is 16.3. The van der Waals surface area contributed by atoms with Crippen LogP contribution in [0.25, 0.3) is 0 Å². The number of aromatic nitrogens is 2. The van der Waals surface area contributed by atoms with Crippen molar-refractivity contribution < 1.29 is 22.7 Å². The second-order valence-electron chi connectivity index (χ2n) is 8.25. The van der Waals surface area contributed by atoms with Crippen molar-refractivity contribution in [2.24, 2.45) is 0 Å². The zero-order valence-electron chi connectivity index (χ0n) is 18.1. The lowest BCUT2D eigenvalue weighted by atomic mass is 9.97. The summed E-state index contributed by atoms with van der Waals surface area (Å²) in [6.07, 6.45) is -2.24. The summed E-state index contributed by atoms with van der Waals surface area (Å²) in [5.41, 5.74) is 1.87. The highest BCUT2D eigenvalue weighted by Crippen LogP contribution is 2.44. The number of nitrogens with zero attached hydrogens (tertiary/aromatic N) is 3. The van der Waals surface area contributed by atoms with Gasteiger partial charge in [0.1, 0.15) is 22.6 Å². The molecule has 0 fully saturated rings. The van der Waals surface area contributed by atoms with Crippen molar-refractivity contribution in [1.82, 2.24) is 9.78 Å². The van der Waals surface area contributed by atoms with Crippen LogP contribution in [0.1, 0.15) is 57.0 Å². The molecule has 0 bridgehead atoms. The van der Waals surface area contributed by atoms with Crippen LogP contribution >= 0.6 is 11.3 Å². The molecule has 11 heteroatoms. The molecule has 5 rings (SSSR count). The van der Waals surface area contributed by atoms with E-state index >= 15 is 0 Å². The monoisotopic (exact) mass is 487 g/mol. The number of hydrogen-bond donors (Lipinski definition) is 2. The molecule has 2 atom stereocenters. The average molecular weight is 488 g/mol. The van der Waals surface area contributed by atoms with Crippen LogP contribution in [-0.4, -0.2) is 29.0 Å². The molecule has 34 heavy (non-hydrogen) atoms. The molecule has 3 aromatic rings. The number of carbonyl (C=O) groups excluding carboxylic acids is 1. The summed E-state index contributed by atoms with van der Waals surface area (Å²) in [6.45, 7) is 0. The highest BCUT2D eigenvalue weighted by molar-refractivity contribution is 7.16. The first-order valence-corrected chi connectivity index (χ1v) is 11.5. The molecular formula is C23H20F3N5O2S. The standard InChI is InChI=1S/C23H20F3N5O2S/c1-33-13-5-2-4-12(8-13)16-9-19(23(24,25)26)31-20(28-16)10-17(30-31)21(32)29-22-15(11-27)14-6-3-7-18(14)34-22/h2,4-5,8,10,16,19,28H,3,6-7,9H2,1H3,(H,29,32)/t16-,19+/m1/s1. The lowest BCUT2D eigenvalue weighted by Crippen LogP contribution is -2.35. The van der Waals surface area contributed by atoms with E-state index in [4.69, 9.17) is 4.74 Å². The molecule has 2 aliphatic rings. The van der Waals surface area contributed by atoms with Crippen molar-refractivity contribution in [2.75, 3.05) is 17.7 Å². The normalized spacial score (nSPS) is 19.0. The first-order valence-electron chi connectivity index (χ1n) is 10.7. The number of benzene rings is 1. The third-order valence-corrected chi connectivity index (χ3v) is 7.39. The van der Waals surface area contributed by atoms with Crippen LogP contribution in [0, 0.1) is 11.3 Å². The molecule has 0 unspecified atom stereocenters. The Morgan fingerprint density at radius 3 is 2.91 bits per heavy atom. The van der Waals surface area contributed by atoms with Crippen molar-refractivity contribution in [2.45, 2.75) is 43.9 Å². The molecule has 3 heterocycles. The van der Waals surface area contributed by atoms with Crippen molar-refractivity contribution in [3.05, 3.63) is 57.6 Å². The van der Waals surface area contributed by atoms with E-state index in [9.17, 15) is 23.2 Å². The molecule has 0 spiro atoms. The second kappa shape index (κ2) is 8.36. The second-order valence-corrected chi connectivity index (χ2v) is 9.36. The van der Waals surface area contributed by atoms with E-state index in [0.29, 0.717) is 21.9 Å². The van der Waals surface area contributed by atoms with Crippen molar-refractivity contribution in [3.63, 3.8) is 0 Å². The fourth-order valence-corrected chi connectivity index (χ4v) is 5.77. The van der Waals surface area contributed by atoms with Crippen LogP contribution in [0.3, 0.4) is 0 Å². The van der Waals surface area contributed by atoms with Gasteiger partial charge < -0.3 is 15.4 Å². The van der Waals surface area contributed by atoms with E-state index in [-0.39, 0.29) is 17.9 Å². The number of fused-ring (bicyclic) bond motifs is 2. The Labute approximate surface area is 197 Å². The Morgan fingerprint density at radius 1 is 1.35 bits per heavy atom. The number of amides is 1. The smallest absolute Gasteiger partial charge is 0.410 e. The molecule has 176 valence electrons. The van der Waals surface area contributed by atoms with Gasteiger partial charge in [-0.05, 0) is 42.5 Å². The lowest BCUT2D eigenvalue weighted by molar-refractivity contribution is -0.173. The van der Waals surface area contributed by atoms with Crippen LogP contribution in [-0.2, 0) is 12.8 Å². The van der Waals surface area contributed by atoms with Crippen LogP contribution in [0.4, 0.5) is 24.0 Å².